The molecule has 3 aromatic rings. The molecule has 0 bridgehead atoms. The van der Waals surface area contributed by atoms with Gasteiger partial charge in [0.2, 0.25) is 5.43 Å². The lowest BCUT2D eigenvalue weighted by atomic mass is 10.0. The van der Waals surface area contributed by atoms with Crippen molar-refractivity contribution in [2.24, 2.45) is 0 Å². The van der Waals surface area contributed by atoms with E-state index >= 15 is 8.78 Å². The molecule has 1 aromatic heterocycles. The summed E-state index contributed by atoms with van der Waals surface area (Å²) in [6, 6.07) is 8.05. The minimum absolute atomic E-state index is 0.0384. The molecule has 1 saturated carbocycles. The van der Waals surface area contributed by atoms with E-state index in [1.807, 2.05) is 18.2 Å². The number of ketones is 1. The number of allylic oxidation sites excluding steroid dienone is 1. The Kier molecular flexibility index (Phi) is 4.84. The molecule has 164 valence electrons. The van der Waals surface area contributed by atoms with Gasteiger partial charge in [-0.15, -0.1) is 0 Å². The lowest BCUT2D eigenvalue weighted by Crippen LogP contribution is -2.21. The second-order valence-corrected chi connectivity index (χ2v) is 8.47. The van der Waals surface area contributed by atoms with Crippen molar-refractivity contribution < 1.29 is 13.6 Å². The number of nitrogens with one attached hydrogen (secondary N) is 1. The Bertz CT molecular complexity index is 1370. The number of aromatic nitrogens is 1. The number of pyridine rings is 1. The van der Waals surface area contributed by atoms with Crippen LogP contribution in [0.1, 0.15) is 53.7 Å². The fourth-order valence-corrected chi connectivity index (χ4v) is 4.53. The van der Waals surface area contributed by atoms with Gasteiger partial charge in [-0.25, -0.2) is 8.78 Å². The molecule has 0 saturated heterocycles. The van der Waals surface area contributed by atoms with Crippen LogP contribution in [0.2, 0.25) is 0 Å². The molecule has 0 aliphatic heterocycles. The number of hydrogen-bond donors (Lipinski definition) is 2. The van der Waals surface area contributed by atoms with E-state index in [0.717, 1.165) is 30.4 Å². The van der Waals surface area contributed by atoms with E-state index in [0.29, 0.717) is 13.0 Å². The van der Waals surface area contributed by atoms with Crippen LogP contribution in [0.4, 0.5) is 20.2 Å². The number of halogens is 2. The Morgan fingerprint density at radius 3 is 2.69 bits per heavy atom. The second kappa shape index (κ2) is 7.58. The van der Waals surface area contributed by atoms with Crippen molar-refractivity contribution in [1.82, 2.24) is 4.57 Å². The van der Waals surface area contributed by atoms with Crippen LogP contribution in [0.25, 0.3) is 16.5 Å². The maximum absolute atomic E-state index is 15.6. The van der Waals surface area contributed by atoms with Gasteiger partial charge in [-0.05, 0) is 49.3 Å². The van der Waals surface area contributed by atoms with Gasteiger partial charge >= 0.3 is 0 Å². The van der Waals surface area contributed by atoms with Crippen LogP contribution in [0.15, 0.2) is 41.3 Å². The topological polar surface area (TPSA) is 77.1 Å². The molecule has 32 heavy (non-hydrogen) atoms. The average Bonchev–Trinajstić information content (AvgIpc) is 3.54. The standard InChI is InChI=1S/C25H23F2N3O2/c1-13(31)18-12-30(16-8-9-16)24-19(25(18)32)22(28)20(26)23(21(24)27)29-11-10-15-7-6-14-4-2-3-5-17(14)15/h2-5,7,12,16,29H,6,8-11,28H2,1H3. The fourth-order valence-electron chi connectivity index (χ4n) is 4.53. The maximum atomic E-state index is 15.6. The highest BCUT2D eigenvalue weighted by atomic mass is 19.1. The van der Waals surface area contributed by atoms with Crippen molar-refractivity contribution in [1.29, 1.82) is 0 Å². The first kappa shape index (κ1) is 20.4. The predicted octanol–water partition coefficient (Wildman–Crippen LogP) is 4.84. The van der Waals surface area contributed by atoms with Gasteiger partial charge in [0.1, 0.15) is 5.69 Å². The van der Waals surface area contributed by atoms with E-state index < -0.39 is 28.5 Å². The van der Waals surface area contributed by atoms with Crippen LogP contribution in [0.3, 0.4) is 0 Å². The van der Waals surface area contributed by atoms with Crippen molar-refractivity contribution in [2.75, 3.05) is 17.6 Å². The number of fused-ring (bicyclic) bond motifs is 2. The molecule has 0 unspecified atom stereocenters. The number of Topliss-reactive ketones (excluding diaryl/α,β-unsaturated/α-hetero) is 1. The molecule has 0 radical (unpaired) electrons. The van der Waals surface area contributed by atoms with Crippen LogP contribution in [-0.2, 0) is 6.42 Å². The lowest BCUT2D eigenvalue weighted by molar-refractivity contribution is 0.101. The summed E-state index contributed by atoms with van der Waals surface area (Å²) in [7, 11) is 0. The van der Waals surface area contributed by atoms with E-state index in [2.05, 4.69) is 17.5 Å². The predicted molar refractivity (Wildman–Crippen MR) is 122 cm³/mol. The zero-order chi connectivity index (χ0) is 22.6. The second-order valence-electron chi connectivity index (χ2n) is 8.47. The summed E-state index contributed by atoms with van der Waals surface area (Å²) in [5.74, 6) is -2.32. The molecule has 2 aliphatic rings. The van der Waals surface area contributed by atoms with Gasteiger partial charge in [0.15, 0.2) is 17.4 Å². The highest BCUT2D eigenvalue weighted by Gasteiger charge is 2.31. The molecule has 5 nitrogen and oxygen atoms in total. The highest BCUT2D eigenvalue weighted by Crippen LogP contribution is 2.41. The summed E-state index contributed by atoms with van der Waals surface area (Å²) in [6.45, 7) is 1.56. The third-order valence-corrected chi connectivity index (χ3v) is 6.33. The van der Waals surface area contributed by atoms with E-state index in [1.54, 1.807) is 4.57 Å². The van der Waals surface area contributed by atoms with Crippen LogP contribution in [0.5, 0.6) is 0 Å². The number of benzene rings is 2. The average molecular weight is 435 g/mol. The molecule has 0 amide bonds. The Labute approximate surface area is 183 Å². The summed E-state index contributed by atoms with van der Waals surface area (Å²) < 4.78 is 32.3. The summed E-state index contributed by atoms with van der Waals surface area (Å²) in [5.41, 5.74) is 7.85. The molecule has 7 heteroatoms. The number of anilines is 2. The van der Waals surface area contributed by atoms with Gasteiger partial charge in [0.25, 0.3) is 0 Å². The molecular weight excluding hydrogens is 412 g/mol. The Balaban J connectivity index is 1.53. The Morgan fingerprint density at radius 1 is 1.22 bits per heavy atom. The molecule has 0 atom stereocenters. The van der Waals surface area contributed by atoms with Crippen molar-refractivity contribution in [2.45, 2.75) is 38.6 Å². The van der Waals surface area contributed by atoms with E-state index in [9.17, 15) is 9.59 Å². The van der Waals surface area contributed by atoms with Crippen molar-refractivity contribution in [3.8, 4) is 0 Å². The van der Waals surface area contributed by atoms with E-state index in [4.69, 9.17) is 5.73 Å². The van der Waals surface area contributed by atoms with Gasteiger partial charge in [-0.1, -0.05) is 30.3 Å². The largest absolute Gasteiger partial charge is 0.396 e. The van der Waals surface area contributed by atoms with Crippen molar-refractivity contribution in [3.05, 3.63) is 75.1 Å². The first-order valence-corrected chi connectivity index (χ1v) is 10.8. The first-order chi connectivity index (χ1) is 15.4. The van der Waals surface area contributed by atoms with E-state index in [-0.39, 0.29) is 28.2 Å². The van der Waals surface area contributed by atoms with Gasteiger partial charge in [0.05, 0.1) is 22.2 Å². The number of nitrogens with zero attached hydrogens (tertiary/aromatic N) is 1. The third kappa shape index (κ3) is 3.20. The molecule has 1 heterocycles. The SMILES string of the molecule is CC(=O)c1cn(C2CC2)c2c(F)c(NCCC3=CCc4ccccc43)c(F)c(N)c2c1=O. The molecule has 0 spiro atoms. The number of rotatable bonds is 6. The molecular formula is C25H23F2N3O2. The van der Waals surface area contributed by atoms with Gasteiger partial charge in [-0.3, -0.25) is 9.59 Å². The quantitative estimate of drug-likeness (QED) is 0.429. The maximum Gasteiger partial charge on any atom is 0.202 e. The van der Waals surface area contributed by atoms with Crippen molar-refractivity contribution in [3.63, 3.8) is 0 Å². The molecule has 2 aliphatic carbocycles. The number of nitrogens with two attached hydrogens (primary N) is 1. The number of carbonyl (C=O) groups is 1. The summed E-state index contributed by atoms with van der Waals surface area (Å²) in [4.78, 5) is 24.8. The van der Waals surface area contributed by atoms with Crippen LogP contribution in [-0.4, -0.2) is 16.9 Å². The lowest BCUT2D eigenvalue weighted by Gasteiger charge is -2.18. The summed E-state index contributed by atoms with van der Waals surface area (Å²) >= 11 is 0. The molecule has 3 N–H and O–H groups in total. The number of hydrogen-bond acceptors (Lipinski definition) is 4. The Hall–Kier alpha value is -3.48. The minimum Gasteiger partial charge on any atom is -0.396 e. The number of carbonyl (C=O) groups excluding carboxylic acids is 1. The Morgan fingerprint density at radius 2 is 1.97 bits per heavy atom. The van der Waals surface area contributed by atoms with Crippen molar-refractivity contribution >= 4 is 33.6 Å². The van der Waals surface area contributed by atoms with Crippen LogP contribution >= 0.6 is 0 Å². The summed E-state index contributed by atoms with van der Waals surface area (Å²) in [5, 5.41) is 2.60. The number of nitrogen functional groups attached to an aromatic ring is 1. The smallest absolute Gasteiger partial charge is 0.202 e. The highest BCUT2D eigenvalue weighted by molar-refractivity contribution is 6.01. The van der Waals surface area contributed by atoms with Gasteiger partial charge < -0.3 is 15.6 Å². The molecule has 2 aromatic carbocycles. The summed E-state index contributed by atoms with van der Waals surface area (Å²) in [6.07, 6.45) is 6.54. The molecule has 1 fully saturated rings. The minimum atomic E-state index is -1.00. The van der Waals surface area contributed by atoms with E-state index in [1.165, 1.54) is 18.7 Å². The van der Waals surface area contributed by atoms with Crippen LogP contribution < -0.4 is 16.5 Å². The third-order valence-electron chi connectivity index (χ3n) is 6.33. The first-order valence-electron chi connectivity index (χ1n) is 10.8. The van der Waals surface area contributed by atoms with Gasteiger partial charge in [-0.2, -0.15) is 0 Å². The monoisotopic (exact) mass is 435 g/mol. The van der Waals surface area contributed by atoms with Crippen LogP contribution in [0, 0.1) is 11.6 Å². The zero-order valence-corrected chi connectivity index (χ0v) is 17.7. The zero-order valence-electron chi connectivity index (χ0n) is 17.7. The molecule has 5 rings (SSSR count). The normalized spacial score (nSPS) is 15.0. The fraction of sp³-hybridized carbons (Fsp3) is 0.280. The van der Waals surface area contributed by atoms with Gasteiger partial charge in [0, 0.05) is 18.8 Å².